The van der Waals surface area contributed by atoms with Crippen LogP contribution in [0.4, 0.5) is 0 Å². The van der Waals surface area contributed by atoms with E-state index in [0.717, 1.165) is 18.7 Å². The van der Waals surface area contributed by atoms with Gasteiger partial charge in [-0.15, -0.1) is 0 Å². The molecular formula is C10H17N3O2S. The predicted octanol–water partition coefficient (Wildman–Crippen LogP) is 0.734. The molecule has 1 saturated carbocycles. The van der Waals surface area contributed by atoms with E-state index in [1.165, 1.54) is 0 Å². The van der Waals surface area contributed by atoms with Gasteiger partial charge in [0.1, 0.15) is 5.82 Å². The molecule has 5 nitrogen and oxygen atoms in total. The fraction of sp³-hybridized carbons (Fsp3) is 0.700. The van der Waals surface area contributed by atoms with Crippen LogP contribution in [-0.4, -0.2) is 34.1 Å². The van der Waals surface area contributed by atoms with Crippen LogP contribution < -0.4 is 0 Å². The lowest BCUT2D eigenvalue weighted by atomic mass is 10.5. The highest BCUT2D eigenvalue weighted by Crippen LogP contribution is 2.30. The molecule has 1 aliphatic carbocycles. The molecule has 0 unspecified atom stereocenters. The summed E-state index contributed by atoms with van der Waals surface area (Å²) in [4.78, 5) is 4.17. The van der Waals surface area contributed by atoms with Gasteiger partial charge in [-0.05, 0) is 19.8 Å². The summed E-state index contributed by atoms with van der Waals surface area (Å²) in [7, 11) is -1.23. The van der Waals surface area contributed by atoms with Gasteiger partial charge in [0.2, 0.25) is 10.0 Å². The Morgan fingerprint density at radius 2 is 2.25 bits per heavy atom. The number of aromatic nitrogens is 2. The van der Waals surface area contributed by atoms with E-state index in [1.54, 1.807) is 17.4 Å². The number of sulfonamides is 1. The Labute approximate surface area is 96.1 Å². The predicted molar refractivity (Wildman–Crippen MR) is 61.2 cm³/mol. The third-order valence-corrected chi connectivity index (χ3v) is 4.77. The second-order valence-corrected chi connectivity index (χ2v) is 6.34. The minimum absolute atomic E-state index is 0.161. The summed E-state index contributed by atoms with van der Waals surface area (Å²) in [5, 5.41) is 0. The highest BCUT2D eigenvalue weighted by molar-refractivity contribution is 7.89. The SMILES string of the molecule is CCS(=O)(=O)N(Cc1nccn1C)C1CC1. The minimum atomic E-state index is -3.11. The smallest absolute Gasteiger partial charge is 0.214 e. The second kappa shape index (κ2) is 4.18. The number of hydrogen-bond acceptors (Lipinski definition) is 3. The summed E-state index contributed by atoms with van der Waals surface area (Å²) in [6.45, 7) is 2.08. The Morgan fingerprint density at radius 1 is 1.56 bits per heavy atom. The van der Waals surface area contributed by atoms with Gasteiger partial charge in [-0.2, -0.15) is 4.31 Å². The van der Waals surface area contributed by atoms with Gasteiger partial charge >= 0.3 is 0 Å². The zero-order chi connectivity index (χ0) is 11.8. The third kappa shape index (κ3) is 2.27. The average molecular weight is 243 g/mol. The molecule has 2 rings (SSSR count). The van der Waals surface area contributed by atoms with Crippen LogP contribution in [0.1, 0.15) is 25.6 Å². The van der Waals surface area contributed by atoms with Crippen molar-refractivity contribution in [2.24, 2.45) is 7.05 Å². The molecule has 0 atom stereocenters. The molecule has 1 aliphatic rings. The van der Waals surface area contributed by atoms with Crippen LogP contribution in [0.25, 0.3) is 0 Å². The zero-order valence-corrected chi connectivity index (χ0v) is 10.4. The van der Waals surface area contributed by atoms with Gasteiger partial charge in [0, 0.05) is 25.5 Å². The summed E-state index contributed by atoms with van der Waals surface area (Å²) in [5.41, 5.74) is 0. The van der Waals surface area contributed by atoms with Crippen molar-refractivity contribution in [3.05, 3.63) is 18.2 Å². The van der Waals surface area contributed by atoms with Gasteiger partial charge in [0.05, 0.1) is 12.3 Å². The van der Waals surface area contributed by atoms with Crippen molar-refractivity contribution in [3.63, 3.8) is 0 Å². The maximum atomic E-state index is 11.9. The maximum absolute atomic E-state index is 11.9. The topological polar surface area (TPSA) is 55.2 Å². The van der Waals surface area contributed by atoms with E-state index < -0.39 is 10.0 Å². The first kappa shape index (κ1) is 11.6. The molecule has 1 heterocycles. The fourth-order valence-corrected chi connectivity index (χ4v) is 2.98. The van der Waals surface area contributed by atoms with Crippen LogP contribution in [0.3, 0.4) is 0 Å². The Balaban J connectivity index is 2.19. The standard InChI is InChI=1S/C10H17N3O2S/c1-3-16(14,15)13(9-4-5-9)8-10-11-6-7-12(10)2/h6-7,9H,3-5,8H2,1-2H3. The van der Waals surface area contributed by atoms with E-state index in [1.807, 2.05) is 17.8 Å². The number of hydrogen-bond donors (Lipinski definition) is 0. The Morgan fingerprint density at radius 3 is 2.69 bits per heavy atom. The van der Waals surface area contributed by atoms with Crippen LogP contribution in [0, 0.1) is 0 Å². The summed E-state index contributed by atoms with van der Waals surface area (Å²) in [5.74, 6) is 0.956. The zero-order valence-electron chi connectivity index (χ0n) is 9.63. The van der Waals surface area contributed by atoms with E-state index >= 15 is 0 Å². The Kier molecular flexibility index (Phi) is 3.03. The van der Waals surface area contributed by atoms with Crippen LogP contribution >= 0.6 is 0 Å². The molecule has 0 radical (unpaired) electrons. The van der Waals surface area contributed by atoms with Crippen molar-refractivity contribution in [1.82, 2.24) is 13.9 Å². The molecule has 0 amide bonds. The lowest BCUT2D eigenvalue weighted by molar-refractivity contribution is 0.386. The number of aryl methyl sites for hydroxylation is 1. The van der Waals surface area contributed by atoms with E-state index in [0.29, 0.717) is 6.54 Å². The molecule has 1 aromatic heterocycles. The van der Waals surface area contributed by atoms with E-state index in [9.17, 15) is 8.42 Å². The van der Waals surface area contributed by atoms with Crippen LogP contribution in [-0.2, 0) is 23.6 Å². The molecule has 0 N–H and O–H groups in total. The van der Waals surface area contributed by atoms with E-state index in [4.69, 9.17) is 0 Å². The molecule has 6 heteroatoms. The molecular weight excluding hydrogens is 226 g/mol. The summed E-state index contributed by atoms with van der Waals surface area (Å²) >= 11 is 0. The first-order valence-corrected chi connectivity index (χ1v) is 7.11. The van der Waals surface area contributed by atoms with Crippen molar-refractivity contribution in [2.75, 3.05) is 5.75 Å². The molecule has 0 bridgehead atoms. The first-order valence-electron chi connectivity index (χ1n) is 5.50. The Bertz CT molecular complexity index is 462. The lowest BCUT2D eigenvalue weighted by Gasteiger charge is -2.20. The van der Waals surface area contributed by atoms with Crippen molar-refractivity contribution in [2.45, 2.75) is 32.4 Å². The normalized spacial score (nSPS) is 16.9. The van der Waals surface area contributed by atoms with Gasteiger partial charge in [0.25, 0.3) is 0 Å². The van der Waals surface area contributed by atoms with Crippen LogP contribution in [0.15, 0.2) is 12.4 Å². The van der Waals surface area contributed by atoms with Gasteiger partial charge < -0.3 is 4.57 Å². The molecule has 0 aliphatic heterocycles. The summed E-state index contributed by atoms with van der Waals surface area (Å²) < 4.78 is 27.3. The molecule has 90 valence electrons. The third-order valence-electron chi connectivity index (χ3n) is 2.89. The first-order chi connectivity index (χ1) is 7.54. The maximum Gasteiger partial charge on any atom is 0.214 e. The fourth-order valence-electron chi connectivity index (χ4n) is 1.67. The molecule has 1 aromatic rings. The number of nitrogens with zero attached hydrogens (tertiary/aromatic N) is 3. The van der Waals surface area contributed by atoms with Gasteiger partial charge in [-0.25, -0.2) is 13.4 Å². The molecule has 0 aromatic carbocycles. The van der Waals surface area contributed by atoms with Crippen molar-refractivity contribution in [3.8, 4) is 0 Å². The van der Waals surface area contributed by atoms with E-state index in [-0.39, 0.29) is 11.8 Å². The molecule has 16 heavy (non-hydrogen) atoms. The summed E-state index contributed by atoms with van der Waals surface area (Å²) in [6, 6.07) is 0.196. The molecule has 0 spiro atoms. The lowest BCUT2D eigenvalue weighted by Crippen LogP contribution is -2.34. The molecule has 0 saturated heterocycles. The van der Waals surface area contributed by atoms with Crippen molar-refractivity contribution < 1.29 is 8.42 Å². The summed E-state index contributed by atoms with van der Waals surface area (Å²) in [6.07, 6.45) is 5.48. The molecule has 1 fully saturated rings. The average Bonchev–Trinajstić information content (AvgIpc) is 3.00. The number of rotatable bonds is 5. The van der Waals surface area contributed by atoms with Gasteiger partial charge in [-0.3, -0.25) is 0 Å². The highest BCUT2D eigenvalue weighted by atomic mass is 32.2. The van der Waals surface area contributed by atoms with Crippen LogP contribution in [0.2, 0.25) is 0 Å². The monoisotopic (exact) mass is 243 g/mol. The minimum Gasteiger partial charge on any atom is -0.337 e. The quantitative estimate of drug-likeness (QED) is 0.766. The van der Waals surface area contributed by atoms with Gasteiger partial charge in [0.15, 0.2) is 0 Å². The van der Waals surface area contributed by atoms with Crippen molar-refractivity contribution >= 4 is 10.0 Å². The van der Waals surface area contributed by atoms with Gasteiger partial charge in [-0.1, -0.05) is 0 Å². The highest BCUT2D eigenvalue weighted by Gasteiger charge is 2.36. The Hall–Kier alpha value is -0.880. The van der Waals surface area contributed by atoms with E-state index in [2.05, 4.69) is 4.98 Å². The van der Waals surface area contributed by atoms with Crippen molar-refractivity contribution in [1.29, 1.82) is 0 Å². The largest absolute Gasteiger partial charge is 0.337 e. The second-order valence-electron chi connectivity index (χ2n) is 4.13. The number of imidazole rings is 1. The van der Waals surface area contributed by atoms with Crippen LogP contribution in [0.5, 0.6) is 0 Å².